The fourth-order valence-corrected chi connectivity index (χ4v) is 1.89. The van der Waals surface area contributed by atoms with E-state index in [0.717, 1.165) is 12.8 Å². The maximum absolute atomic E-state index is 11.6. The van der Waals surface area contributed by atoms with Crippen molar-refractivity contribution in [3.8, 4) is 0 Å². The van der Waals surface area contributed by atoms with Gasteiger partial charge in [0.2, 0.25) is 0 Å². The summed E-state index contributed by atoms with van der Waals surface area (Å²) >= 11 is 0. The van der Waals surface area contributed by atoms with Crippen LogP contribution in [-0.2, 0) is 9.53 Å². The molecule has 5 nitrogen and oxygen atoms in total. The van der Waals surface area contributed by atoms with Crippen LogP contribution in [0.25, 0.3) is 0 Å². The Hall–Kier alpha value is -0.650. The van der Waals surface area contributed by atoms with Crippen LogP contribution < -0.4 is 5.32 Å². The minimum atomic E-state index is -0.485. The molecule has 0 aromatic carbocycles. The number of piperidine rings is 1. The molecule has 15 heavy (non-hydrogen) atoms. The van der Waals surface area contributed by atoms with E-state index >= 15 is 0 Å². The van der Waals surface area contributed by atoms with Gasteiger partial charge < -0.3 is 14.9 Å². The van der Waals surface area contributed by atoms with Gasteiger partial charge in [-0.15, -0.1) is 0 Å². The van der Waals surface area contributed by atoms with Crippen molar-refractivity contribution in [3.63, 3.8) is 0 Å². The zero-order chi connectivity index (χ0) is 11.3. The average molecular weight is 217 g/mol. The minimum Gasteiger partial charge on any atom is -0.465 e. The molecule has 0 saturated carbocycles. The molecule has 3 N–H and O–H groups in total. The zero-order valence-corrected chi connectivity index (χ0v) is 8.98. The van der Waals surface area contributed by atoms with E-state index in [1.54, 1.807) is 6.92 Å². The first-order valence-electron chi connectivity index (χ1n) is 5.37. The van der Waals surface area contributed by atoms with E-state index in [9.17, 15) is 4.79 Å². The predicted octanol–water partition coefficient (Wildman–Crippen LogP) is -0.729. The second-order valence-corrected chi connectivity index (χ2v) is 3.80. The summed E-state index contributed by atoms with van der Waals surface area (Å²) in [5.41, 5.74) is 0. The van der Waals surface area contributed by atoms with Crippen LogP contribution in [0.3, 0.4) is 0 Å². The van der Waals surface area contributed by atoms with Crippen molar-refractivity contribution < 1.29 is 19.7 Å². The molecule has 0 aromatic heterocycles. The van der Waals surface area contributed by atoms with E-state index in [4.69, 9.17) is 14.9 Å². The van der Waals surface area contributed by atoms with Gasteiger partial charge in [0, 0.05) is 18.6 Å². The molecule has 1 aliphatic rings. The Morgan fingerprint density at radius 2 is 2.13 bits per heavy atom. The van der Waals surface area contributed by atoms with Crippen molar-refractivity contribution in [3.05, 3.63) is 0 Å². The van der Waals surface area contributed by atoms with Crippen LogP contribution in [0, 0.1) is 5.92 Å². The van der Waals surface area contributed by atoms with Crippen LogP contribution in [0.4, 0.5) is 0 Å². The van der Waals surface area contributed by atoms with Crippen LogP contribution in [0.2, 0.25) is 0 Å². The largest absolute Gasteiger partial charge is 0.465 e. The third-order valence-electron chi connectivity index (χ3n) is 2.77. The van der Waals surface area contributed by atoms with Crippen molar-refractivity contribution in [2.24, 2.45) is 5.92 Å². The Bertz CT molecular complexity index is 210. The zero-order valence-electron chi connectivity index (χ0n) is 8.98. The van der Waals surface area contributed by atoms with Crippen LogP contribution in [0.5, 0.6) is 0 Å². The smallest absolute Gasteiger partial charge is 0.323 e. The van der Waals surface area contributed by atoms with E-state index < -0.39 is 6.04 Å². The third-order valence-corrected chi connectivity index (χ3v) is 2.77. The summed E-state index contributed by atoms with van der Waals surface area (Å²) in [7, 11) is 0. The molecule has 0 aliphatic carbocycles. The molecule has 5 heteroatoms. The molecule has 0 amide bonds. The first kappa shape index (κ1) is 12.4. The van der Waals surface area contributed by atoms with Gasteiger partial charge in [-0.05, 0) is 19.8 Å². The first-order valence-corrected chi connectivity index (χ1v) is 5.37. The standard InChI is InChI=1S/C10H19NO4/c1-2-15-10(14)9-7(5-12)3-4-8(6-13)11-9/h7-9,11-13H,2-6H2,1H3/t7-,8+,9+/m1/s1. The summed E-state index contributed by atoms with van der Waals surface area (Å²) in [6.45, 7) is 2.06. The molecule has 0 radical (unpaired) electrons. The molecule has 0 spiro atoms. The molecule has 1 fully saturated rings. The maximum Gasteiger partial charge on any atom is 0.323 e. The van der Waals surface area contributed by atoms with E-state index in [1.807, 2.05) is 0 Å². The highest BCUT2D eigenvalue weighted by atomic mass is 16.5. The second-order valence-electron chi connectivity index (χ2n) is 3.80. The van der Waals surface area contributed by atoms with Crippen LogP contribution >= 0.6 is 0 Å². The quantitative estimate of drug-likeness (QED) is 0.541. The lowest BCUT2D eigenvalue weighted by molar-refractivity contribution is -0.149. The Balaban J connectivity index is 2.58. The first-order chi connectivity index (χ1) is 7.22. The lowest BCUT2D eigenvalue weighted by Crippen LogP contribution is -2.54. The summed E-state index contributed by atoms with van der Waals surface area (Å²) in [4.78, 5) is 11.6. The monoisotopic (exact) mass is 217 g/mol. The molecule has 88 valence electrons. The van der Waals surface area contributed by atoms with Gasteiger partial charge in [0.1, 0.15) is 6.04 Å². The minimum absolute atomic E-state index is 0.00799. The molecule has 0 aromatic rings. The maximum atomic E-state index is 11.6. The summed E-state index contributed by atoms with van der Waals surface area (Å²) < 4.78 is 4.91. The van der Waals surface area contributed by atoms with Crippen molar-refractivity contribution in [2.45, 2.75) is 31.8 Å². The van der Waals surface area contributed by atoms with E-state index in [1.165, 1.54) is 0 Å². The number of carbonyl (C=O) groups is 1. The van der Waals surface area contributed by atoms with Crippen LogP contribution in [0.15, 0.2) is 0 Å². The van der Waals surface area contributed by atoms with Crippen LogP contribution in [-0.4, -0.2) is 48.1 Å². The van der Waals surface area contributed by atoms with Gasteiger partial charge in [-0.25, -0.2) is 0 Å². The molecular weight excluding hydrogens is 198 g/mol. The number of aliphatic hydroxyl groups is 2. The SMILES string of the molecule is CCOC(=O)[C@H]1N[C@H](CO)CC[C@@H]1CO. The van der Waals surface area contributed by atoms with Crippen molar-refractivity contribution >= 4 is 5.97 Å². The molecule has 0 unspecified atom stereocenters. The number of rotatable bonds is 4. The van der Waals surface area contributed by atoms with E-state index in [-0.39, 0.29) is 31.1 Å². The highest BCUT2D eigenvalue weighted by Crippen LogP contribution is 2.20. The second kappa shape index (κ2) is 6.05. The van der Waals surface area contributed by atoms with Gasteiger partial charge in [-0.1, -0.05) is 0 Å². The van der Waals surface area contributed by atoms with E-state index in [2.05, 4.69) is 5.32 Å². The third kappa shape index (κ3) is 3.15. The van der Waals surface area contributed by atoms with Gasteiger partial charge >= 0.3 is 5.97 Å². The molecule has 1 heterocycles. The fraction of sp³-hybridized carbons (Fsp3) is 0.900. The summed E-state index contributed by atoms with van der Waals surface area (Å²) in [6, 6.07) is -0.553. The van der Waals surface area contributed by atoms with Crippen LogP contribution in [0.1, 0.15) is 19.8 Å². The topological polar surface area (TPSA) is 78.8 Å². The predicted molar refractivity (Wildman–Crippen MR) is 54.2 cm³/mol. The average Bonchev–Trinajstić information content (AvgIpc) is 2.28. The molecule has 1 aliphatic heterocycles. The number of esters is 1. The number of aliphatic hydroxyl groups excluding tert-OH is 2. The molecule has 0 bridgehead atoms. The highest BCUT2D eigenvalue weighted by Gasteiger charge is 2.34. The number of hydrogen-bond acceptors (Lipinski definition) is 5. The molecular formula is C10H19NO4. The molecule has 1 saturated heterocycles. The van der Waals surface area contributed by atoms with Gasteiger partial charge in [-0.2, -0.15) is 0 Å². The summed E-state index contributed by atoms with van der Waals surface area (Å²) in [5.74, 6) is -0.443. The van der Waals surface area contributed by atoms with Gasteiger partial charge in [0.25, 0.3) is 0 Å². The van der Waals surface area contributed by atoms with Gasteiger partial charge in [-0.3, -0.25) is 10.1 Å². The Morgan fingerprint density at radius 3 is 2.67 bits per heavy atom. The van der Waals surface area contributed by atoms with Gasteiger partial charge in [0.15, 0.2) is 0 Å². The highest BCUT2D eigenvalue weighted by molar-refractivity contribution is 5.76. The lowest BCUT2D eigenvalue weighted by atomic mass is 9.88. The Labute approximate surface area is 89.4 Å². The number of carbonyl (C=O) groups excluding carboxylic acids is 1. The molecule has 1 rings (SSSR count). The van der Waals surface area contributed by atoms with Crippen molar-refractivity contribution in [1.29, 1.82) is 0 Å². The number of ether oxygens (including phenoxy) is 1. The molecule has 3 atom stereocenters. The summed E-state index contributed by atoms with van der Waals surface area (Å²) in [5, 5.41) is 21.1. The van der Waals surface area contributed by atoms with Gasteiger partial charge in [0.05, 0.1) is 13.2 Å². The van der Waals surface area contributed by atoms with Crippen molar-refractivity contribution in [1.82, 2.24) is 5.32 Å². The Kier molecular flexibility index (Phi) is 5.01. The summed E-state index contributed by atoms with van der Waals surface area (Å²) in [6.07, 6.45) is 1.51. The normalized spacial score (nSPS) is 31.3. The number of nitrogens with one attached hydrogen (secondary N) is 1. The fourth-order valence-electron chi connectivity index (χ4n) is 1.89. The number of hydrogen-bond donors (Lipinski definition) is 3. The van der Waals surface area contributed by atoms with E-state index in [0.29, 0.717) is 6.61 Å². The lowest BCUT2D eigenvalue weighted by Gasteiger charge is -2.34. The Morgan fingerprint density at radius 1 is 1.40 bits per heavy atom. The van der Waals surface area contributed by atoms with Crippen molar-refractivity contribution in [2.75, 3.05) is 19.8 Å².